The number of quaternary nitrogens is 1. The van der Waals surface area contributed by atoms with Crippen LogP contribution in [0.2, 0.25) is 0 Å². The highest BCUT2D eigenvalue weighted by Gasteiger charge is 2.29. The number of thiazole rings is 1. The topological polar surface area (TPSA) is 83.8 Å². The summed E-state index contributed by atoms with van der Waals surface area (Å²) in [4.78, 5) is 18.3. The number of anilines is 1. The van der Waals surface area contributed by atoms with Gasteiger partial charge in [-0.3, -0.25) is 10.1 Å². The number of likely N-dealkylation sites (N-methyl/N-ethyl adjacent to an activating group) is 1. The molecule has 0 spiro atoms. The van der Waals surface area contributed by atoms with Gasteiger partial charge in [0.25, 0.3) is 5.91 Å². The monoisotopic (exact) mass is 435 g/mol. The first-order valence-corrected chi connectivity index (χ1v) is 11.4. The lowest BCUT2D eigenvalue weighted by Crippen LogP contribution is -3.12. The summed E-state index contributed by atoms with van der Waals surface area (Å²) in [5.41, 5.74) is 0.802. The zero-order valence-electron chi connectivity index (χ0n) is 15.7. The highest BCUT2D eigenvalue weighted by molar-refractivity contribution is 7.89. The Hall–Kier alpha value is -2.40. The quantitative estimate of drug-likeness (QED) is 0.645. The van der Waals surface area contributed by atoms with E-state index in [1.54, 1.807) is 18.2 Å². The second-order valence-corrected chi connectivity index (χ2v) is 9.94. The third-order valence-corrected chi connectivity index (χ3v) is 7.71. The first-order chi connectivity index (χ1) is 13.8. The van der Waals surface area contributed by atoms with E-state index in [9.17, 15) is 17.6 Å². The first-order valence-electron chi connectivity index (χ1n) is 9.12. The van der Waals surface area contributed by atoms with Gasteiger partial charge in [0.1, 0.15) is 5.82 Å². The Kier molecular flexibility index (Phi) is 5.34. The highest BCUT2D eigenvalue weighted by atomic mass is 32.2. The molecule has 2 heterocycles. The van der Waals surface area contributed by atoms with Gasteiger partial charge in [-0.25, -0.2) is 17.8 Å². The minimum Gasteiger partial charge on any atom is -0.335 e. The average Bonchev–Trinajstić information content (AvgIpc) is 3.09. The molecule has 0 radical (unpaired) electrons. The van der Waals surface area contributed by atoms with Crippen molar-refractivity contribution in [2.45, 2.75) is 4.90 Å². The lowest BCUT2D eigenvalue weighted by atomic mass is 10.2. The molecule has 10 heteroatoms. The molecule has 7 nitrogen and oxygen atoms in total. The lowest BCUT2D eigenvalue weighted by Gasteiger charge is -2.29. The molecule has 1 aliphatic heterocycles. The minimum atomic E-state index is -3.65. The minimum absolute atomic E-state index is 0.0936. The van der Waals surface area contributed by atoms with Gasteiger partial charge < -0.3 is 4.90 Å². The van der Waals surface area contributed by atoms with Crippen molar-refractivity contribution >= 4 is 42.6 Å². The number of carbonyl (C=O) groups excluding carboxylic acids is 1. The van der Waals surface area contributed by atoms with E-state index in [0.29, 0.717) is 28.4 Å². The molecule has 1 fully saturated rings. The Morgan fingerprint density at radius 3 is 2.72 bits per heavy atom. The number of benzene rings is 2. The van der Waals surface area contributed by atoms with Gasteiger partial charge in [0.05, 0.1) is 48.3 Å². The van der Waals surface area contributed by atoms with E-state index in [2.05, 4.69) is 10.3 Å². The summed E-state index contributed by atoms with van der Waals surface area (Å²) in [7, 11) is -1.62. The molecule has 4 rings (SSSR count). The van der Waals surface area contributed by atoms with E-state index >= 15 is 0 Å². The molecule has 0 atom stereocenters. The van der Waals surface area contributed by atoms with Crippen LogP contribution in [-0.4, -0.2) is 56.8 Å². The van der Waals surface area contributed by atoms with Crippen LogP contribution in [0, 0.1) is 5.82 Å². The van der Waals surface area contributed by atoms with Crippen molar-refractivity contribution in [1.82, 2.24) is 9.29 Å². The van der Waals surface area contributed by atoms with Crippen molar-refractivity contribution in [3.05, 3.63) is 53.8 Å². The Morgan fingerprint density at radius 1 is 1.21 bits per heavy atom. The van der Waals surface area contributed by atoms with Crippen molar-refractivity contribution in [3.8, 4) is 0 Å². The summed E-state index contributed by atoms with van der Waals surface area (Å²) in [5, 5.41) is 2.99. The normalized spacial score (nSPS) is 16.2. The number of hydrogen-bond acceptors (Lipinski definition) is 5. The van der Waals surface area contributed by atoms with Crippen LogP contribution in [0.25, 0.3) is 10.2 Å². The van der Waals surface area contributed by atoms with Gasteiger partial charge in [0.2, 0.25) is 10.0 Å². The summed E-state index contributed by atoms with van der Waals surface area (Å²) in [6.07, 6.45) is 0. The fourth-order valence-corrected chi connectivity index (χ4v) is 5.55. The number of halogens is 1. The third kappa shape index (κ3) is 4.15. The van der Waals surface area contributed by atoms with Crippen LogP contribution < -0.4 is 10.2 Å². The number of piperazine rings is 1. The maximum atomic E-state index is 13.3. The van der Waals surface area contributed by atoms with E-state index in [1.807, 2.05) is 7.05 Å². The molecule has 0 bridgehead atoms. The molecule has 1 aromatic heterocycles. The molecule has 1 saturated heterocycles. The van der Waals surface area contributed by atoms with E-state index in [0.717, 1.165) is 24.4 Å². The molecular weight excluding hydrogens is 415 g/mol. The largest absolute Gasteiger partial charge is 0.335 e. The van der Waals surface area contributed by atoms with E-state index in [-0.39, 0.29) is 16.3 Å². The number of nitrogens with one attached hydrogen (secondary N) is 2. The SMILES string of the molecule is C[NH+]1CCN(S(=O)(=O)c2cccc(C(=O)Nc3nc4ccc(F)cc4s3)c2)CC1. The third-order valence-electron chi connectivity index (χ3n) is 4.88. The van der Waals surface area contributed by atoms with Crippen LogP contribution in [0.5, 0.6) is 0 Å². The summed E-state index contributed by atoms with van der Waals surface area (Å²) in [5.74, 6) is -0.841. The molecular formula is C19H20FN4O3S2+. The average molecular weight is 436 g/mol. The maximum absolute atomic E-state index is 13.3. The van der Waals surface area contributed by atoms with Gasteiger partial charge in [-0.15, -0.1) is 0 Å². The van der Waals surface area contributed by atoms with E-state index in [4.69, 9.17) is 0 Å². The summed E-state index contributed by atoms with van der Waals surface area (Å²) in [6, 6.07) is 10.2. The highest BCUT2D eigenvalue weighted by Crippen LogP contribution is 2.27. The number of rotatable bonds is 4. The molecule has 0 aliphatic carbocycles. The molecule has 1 amide bonds. The number of sulfonamides is 1. The van der Waals surface area contributed by atoms with Gasteiger partial charge >= 0.3 is 0 Å². The molecule has 0 unspecified atom stereocenters. The standard InChI is InChI=1S/C19H19FN4O3S2/c1-23-7-9-24(10-8-23)29(26,27)15-4-2-3-13(11-15)18(25)22-19-21-16-6-5-14(20)12-17(16)28-19/h2-6,11-12H,7-10H2,1H3,(H,21,22,25)/p+1. The molecule has 152 valence electrons. The Morgan fingerprint density at radius 2 is 1.97 bits per heavy atom. The summed E-state index contributed by atoms with van der Waals surface area (Å²) in [6.45, 7) is 2.40. The zero-order valence-corrected chi connectivity index (χ0v) is 17.3. The lowest BCUT2D eigenvalue weighted by molar-refractivity contribution is -0.883. The van der Waals surface area contributed by atoms with Crippen LogP contribution in [0.3, 0.4) is 0 Å². The molecule has 3 aromatic rings. The van der Waals surface area contributed by atoms with E-state index < -0.39 is 15.9 Å². The number of fused-ring (bicyclic) bond motifs is 1. The van der Waals surface area contributed by atoms with Crippen molar-refractivity contribution in [1.29, 1.82) is 0 Å². The molecule has 29 heavy (non-hydrogen) atoms. The Balaban J connectivity index is 1.55. The predicted octanol–water partition coefficient (Wildman–Crippen LogP) is 1.21. The maximum Gasteiger partial charge on any atom is 0.257 e. The smallest absolute Gasteiger partial charge is 0.257 e. The van der Waals surface area contributed by atoms with Crippen LogP contribution in [0.15, 0.2) is 47.4 Å². The van der Waals surface area contributed by atoms with Crippen molar-refractivity contribution < 1.29 is 22.5 Å². The molecule has 2 N–H and O–H groups in total. The van der Waals surface area contributed by atoms with Crippen LogP contribution in [0.4, 0.5) is 9.52 Å². The second kappa shape index (κ2) is 7.79. The first kappa shape index (κ1) is 19.9. The van der Waals surface area contributed by atoms with Gasteiger partial charge in [0, 0.05) is 5.56 Å². The summed E-state index contributed by atoms with van der Waals surface area (Å²) < 4.78 is 41.2. The fourth-order valence-electron chi connectivity index (χ4n) is 3.18. The van der Waals surface area contributed by atoms with Gasteiger partial charge in [-0.05, 0) is 36.4 Å². The van der Waals surface area contributed by atoms with E-state index in [1.165, 1.54) is 33.5 Å². The van der Waals surface area contributed by atoms with Gasteiger partial charge in [-0.1, -0.05) is 17.4 Å². The number of hydrogen-bond donors (Lipinski definition) is 2. The Labute approximate surface area is 171 Å². The molecule has 0 saturated carbocycles. The molecule has 2 aromatic carbocycles. The van der Waals surface area contributed by atoms with Crippen molar-refractivity contribution in [3.63, 3.8) is 0 Å². The van der Waals surface area contributed by atoms with Crippen molar-refractivity contribution in [2.24, 2.45) is 0 Å². The van der Waals surface area contributed by atoms with Crippen LogP contribution in [-0.2, 0) is 10.0 Å². The fraction of sp³-hybridized carbons (Fsp3) is 0.263. The van der Waals surface area contributed by atoms with Crippen LogP contribution in [0.1, 0.15) is 10.4 Å². The summed E-state index contributed by atoms with van der Waals surface area (Å²) >= 11 is 1.16. The number of carbonyl (C=O) groups is 1. The number of nitrogens with zero attached hydrogens (tertiary/aromatic N) is 2. The molecule has 1 aliphatic rings. The zero-order chi connectivity index (χ0) is 20.6. The van der Waals surface area contributed by atoms with Crippen molar-refractivity contribution in [2.75, 3.05) is 38.5 Å². The predicted molar refractivity (Wildman–Crippen MR) is 109 cm³/mol. The number of aromatic nitrogens is 1. The second-order valence-electron chi connectivity index (χ2n) is 6.97. The van der Waals surface area contributed by atoms with Gasteiger partial charge in [0.15, 0.2) is 5.13 Å². The van der Waals surface area contributed by atoms with Gasteiger partial charge in [-0.2, -0.15) is 4.31 Å². The van der Waals surface area contributed by atoms with Crippen LogP contribution >= 0.6 is 11.3 Å². The number of amides is 1. The Bertz CT molecular complexity index is 1170.